The van der Waals surface area contributed by atoms with Crippen LogP contribution in [0.4, 0.5) is 5.69 Å². The van der Waals surface area contributed by atoms with Gasteiger partial charge in [0.2, 0.25) is 0 Å². The molecule has 0 aliphatic heterocycles. The van der Waals surface area contributed by atoms with Crippen LogP contribution in [0.3, 0.4) is 0 Å². The lowest BCUT2D eigenvalue weighted by Gasteiger charge is -2.18. The van der Waals surface area contributed by atoms with Gasteiger partial charge in [-0.25, -0.2) is 4.79 Å². The Bertz CT molecular complexity index is 1500. The SMILES string of the molecule is CSCCC(NC(=O)c1ccc(COCc2ccc(-c3ccc(N(C)C)cc3)o2)cc1-c1ccccc1C)C(=O)OCl. The van der Waals surface area contributed by atoms with Crippen LogP contribution in [0, 0.1) is 6.92 Å². The average Bonchev–Trinajstić information content (AvgIpc) is 3.48. The van der Waals surface area contributed by atoms with Crippen LogP contribution < -0.4 is 10.2 Å². The Hall–Kier alpha value is -3.72. The van der Waals surface area contributed by atoms with Crippen LogP contribution in [0.15, 0.2) is 83.3 Å². The van der Waals surface area contributed by atoms with E-state index in [4.69, 9.17) is 21.0 Å². The normalized spacial score (nSPS) is 11.6. The molecule has 4 aromatic rings. The first-order chi connectivity index (χ1) is 20.3. The van der Waals surface area contributed by atoms with Crippen molar-refractivity contribution in [3.8, 4) is 22.5 Å². The van der Waals surface area contributed by atoms with Gasteiger partial charge in [-0.1, -0.05) is 30.3 Å². The summed E-state index contributed by atoms with van der Waals surface area (Å²) < 4.78 is 16.4. The fourth-order valence-electron chi connectivity index (χ4n) is 4.56. The van der Waals surface area contributed by atoms with E-state index < -0.39 is 12.0 Å². The number of halogens is 1. The molecule has 0 saturated carbocycles. The zero-order chi connectivity index (χ0) is 30.1. The number of rotatable bonds is 13. The van der Waals surface area contributed by atoms with Crippen molar-refractivity contribution in [2.45, 2.75) is 32.6 Å². The van der Waals surface area contributed by atoms with E-state index in [0.29, 0.717) is 31.0 Å². The molecule has 1 atom stereocenters. The monoisotopic (exact) mass is 606 g/mol. The second kappa shape index (κ2) is 15.0. The van der Waals surface area contributed by atoms with Gasteiger partial charge in [-0.3, -0.25) is 4.79 Å². The van der Waals surface area contributed by atoms with Crippen LogP contribution in [0.25, 0.3) is 22.5 Å². The predicted molar refractivity (Wildman–Crippen MR) is 170 cm³/mol. The van der Waals surface area contributed by atoms with E-state index in [0.717, 1.165) is 45.0 Å². The quantitative estimate of drug-likeness (QED) is 0.172. The minimum atomic E-state index is -0.848. The molecule has 4 rings (SSSR count). The third kappa shape index (κ3) is 7.97. The molecule has 0 saturated heterocycles. The summed E-state index contributed by atoms with van der Waals surface area (Å²) in [5.74, 6) is 1.10. The summed E-state index contributed by atoms with van der Waals surface area (Å²) in [7, 11) is 4.02. The molecule has 1 N–H and O–H groups in total. The maximum absolute atomic E-state index is 13.4. The highest BCUT2D eigenvalue weighted by atomic mass is 35.5. The van der Waals surface area contributed by atoms with Crippen LogP contribution in [0.1, 0.15) is 33.7 Å². The number of benzene rings is 3. The summed E-state index contributed by atoms with van der Waals surface area (Å²) in [6.07, 6.45) is 2.33. The van der Waals surface area contributed by atoms with E-state index >= 15 is 0 Å². The number of nitrogens with zero attached hydrogens (tertiary/aromatic N) is 1. The Kier molecular flexibility index (Phi) is 11.1. The molecule has 1 heterocycles. The number of hydrogen-bond donors (Lipinski definition) is 1. The van der Waals surface area contributed by atoms with Crippen molar-refractivity contribution in [2.24, 2.45) is 0 Å². The molecular formula is C33H35ClN2O5S. The van der Waals surface area contributed by atoms with Crippen molar-refractivity contribution in [3.63, 3.8) is 0 Å². The Morgan fingerprint density at radius 2 is 1.74 bits per heavy atom. The van der Waals surface area contributed by atoms with Crippen molar-refractivity contribution < 1.29 is 23.0 Å². The highest BCUT2D eigenvalue weighted by Gasteiger charge is 2.24. The molecule has 1 unspecified atom stereocenters. The number of amides is 1. The lowest BCUT2D eigenvalue weighted by Crippen LogP contribution is -2.41. The minimum absolute atomic E-state index is 0.301. The molecule has 0 fully saturated rings. The van der Waals surface area contributed by atoms with Crippen LogP contribution in [0.2, 0.25) is 0 Å². The van der Waals surface area contributed by atoms with Crippen molar-refractivity contribution in [3.05, 3.63) is 101 Å². The number of furan rings is 1. The Morgan fingerprint density at radius 1 is 0.976 bits per heavy atom. The van der Waals surface area contributed by atoms with Crippen LogP contribution in [-0.2, 0) is 27.0 Å². The summed E-state index contributed by atoms with van der Waals surface area (Å²) in [6.45, 7) is 2.62. The summed E-state index contributed by atoms with van der Waals surface area (Å²) in [4.78, 5) is 27.7. The summed E-state index contributed by atoms with van der Waals surface area (Å²) in [5.41, 5.74) is 6.15. The topological polar surface area (TPSA) is 81.0 Å². The lowest BCUT2D eigenvalue weighted by molar-refractivity contribution is -0.136. The van der Waals surface area contributed by atoms with E-state index in [1.807, 2.05) is 87.9 Å². The van der Waals surface area contributed by atoms with Gasteiger partial charge in [0.25, 0.3) is 5.91 Å². The van der Waals surface area contributed by atoms with Crippen LogP contribution >= 0.6 is 23.6 Å². The van der Waals surface area contributed by atoms with Crippen molar-refractivity contribution in [2.75, 3.05) is 31.0 Å². The molecule has 220 valence electrons. The Labute approximate surface area is 256 Å². The number of thioether (sulfide) groups is 1. The highest BCUT2D eigenvalue weighted by molar-refractivity contribution is 7.98. The van der Waals surface area contributed by atoms with Crippen molar-refractivity contribution in [1.82, 2.24) is 5.32 Å². The Morgan fingerprint density at radius 3 is 2.43 bits per heavy atom. The van der Waals surface area contributed by atoms with E-state index in [2.05, 4.69) is 26.6 Å². The first-order valence-corrected chi connectivity index (χ1v) is 15.3. The first kappa shape index (κ1) is 31.2. The van der Waals surface area contributed by atoms with E-state index in [-0.39, 0.29) is 5.91 Å². The number of carbonyl (C=O) groups excluding carboxylic acids is 2. The Balaban J connectivity index is 1.49. The zero-order valence-corrected chi connectivity index (χ0v) is 25.8. The van der Waals surface area contributed by atoms with Gasteiger partial charge in [0.15, 0.2) is 0 Å². The molecule has 1 aromatic heterocycles. The number of ether oxygens (including phenoxy) is 1. The molecule has 0 spiro atoms. The van der Waals surface area contributed by atoms with Crippen LogP contribution in [0.5, 0.6) is 0 Å². The van der Waals surface area contributed by atoms with E-state index in [9.17, 15) is 9.59 Å². The molecule has 0 bridgehead atoms. The molecule has 7 nitrogen and oxygen atoms in total. The first-order valence-electron chi connectivity index (χ1n) is 13.6. The summed E-state index contributed by atoms with van der Waals surface area (Å²) in [6, 6.07) is 24.6. The number of nitrogens with one attached hydrogen (secondary N) is 1. The largest absolute Gasteiger partial charge is 0.459 e. The fraction of sp³-hybridized carbons (Fsp3) is 0.273. The second-order valence-electron chi connectivity index (χ2n) is 10.1. The van der Waals surface area contributed by atoms with Crippen molar-refractivity contribution in [1.29, 1.82) is 0 Å². The van der Waals surface area contributed by atoms with E-state index in [1.54, 1.807) is 17.8 Å². The molecule has 9 heteroatoms. The van der Waals surface area contributed by atoms with Gasteiger partial charge in [-0.15, -0.1) is 0 Å². The number of aryl methyl sites for hydroxylation is 1. The number of hydrogen-bond acceptors (Lipinski definition) is 7. The molecule has 42 heavy (non-hydrogen) atoms. The molecule has 3 aromatic carbocycles. The fourth-order valence-corrected chi connectivity index (χ4v) is 5.13. The average molecular weight is 607 g/mol. The van der Waals surface area contributed by atoms with Gasteiger partial charge in [0, 0.05) is 30.9 Å². The van der Waals surface area contributed by atoms with Gasteiger partial charge >= 0.3 is 5.97 Å². The maximum atomic E-state index is 13.4. The van der Waals surface area contributed by atoms with Gasteiger partial charge < -0.3 is 23.7 Å². The maximum Gasteiger partial charge on any atom is 0.346 e. The van der Waals surface area contributed by atoms with Gasteiger partial charge in [-0.05, 0) is 96.1 Å². The smallest absolute Gasteiger partial charge is 0.346 e. The molecule has 0 aliphatic rings. The lowest BCUT2D eigenvalue weighted by atomic mass is 9.93. The summed E-state index contributed by atoms with van der Waals surface area (Å²) >= 11 is 6.90. The predicted octanol–water partition coefficient (Wildman–Crippen LogP) is 7.25. The van der Waals surface area contributed by atoms with Gasteiger partial charge in [0.1, 0.15) is 36.0 Å². The highest BCUT2D eigenvalue weighted by Crippen LogP contribution is 2.29. The molecular weight excluding hydrogens is 572 g/mol. The van der Waals surface area contributed by atoms with Gasteiger partial charge in [0.05, 0.1) is 6.61 Å². The molecule has 0 radical (unpaired) electrons. The van der Waals surface area contributed by atoms with Crippen LogP contribution in [-0.4, -0.2) is 44.0 Å². The second-order valence-corrected chi connectivity index (χ2v) is 11.2. The third-order valence-corrected chi connectivity index (χ3v) is 7.68. The molecule has 0 aliphatic carbocycles. The third-order valence-electron chi connectivity index (χ3n) is 6.88. The number of carbonyl (C=O) groups is 2. The minimum Gasteiger partial charge on any atom is -0.459 e. The van der Waals surface area contributed by atoms with Gasteiger partial charge in [-0.2, -0.15) is 11.8 Å². The molecule has 1 amide bonds. The van der Waals surface area contributed by atoms with Crippen molar-refractivity contribution >= 4 is 41.2 Å². The zero-order valence-electron chi connectivity index (χ0n) is 24.2. The number of anilines is 1. The van der Waals surface area contributed by atoms with E-state index in [1.165, 1.54) is 0 Å². The standard InChI is InChI=1S/C33H35ClN2O5S/c1-22-7-5-6-8-27(22)29-19-23(9-15-28(29)32(37)35-30(17-18-42-4)33(38)41-34)20-39-21-26-14-16-31(40-26)24-10-12-25(13-11-24)36(2)3/h5-16,19,30H,17-18,20-21H2,1-4H3,(H,35,37). The summed E-state index contributed by atoms with van der Waals surface area (Å²) in [5, 5.41) is 2.80.